The molecule has 2 heteroatoms. The Morgan fingerprint density at radius 3 is 2.35 bits per heavy atom. The number of nitrogens with zero attached hydrogens (tertiary/aromatic N) is 1. The highest BCUT2D eigenvalue weighted by molar-refractivity contribution is 5.20. The molecule has 1 aliphatic rings. The predicted molar refractivity (Wildman–Crippen MR) is 81.3 cm³/mol. The van der Waals surface area contributed by atoms with E-state index in [2.05, 4.69) is 29.2 Å². The first-order valence-electron chi connectivity index (χ1n) is 7.35. The number of aliphatic hydroxyl groups is 1. The molecule has 3 rings (SSSR count). The fourth-order valence-electron chi connectivity index (χ4n) is 3.10. The molecule has 0 aliphatic carbocycles. The fourth-order valence-corrected chi connectivity index (χ4v) is 3.10. The second-order valence-electron chi connectivity index (χ2n) is 5.52. The van der Waals surface area contributed by atoms with Crippen molar-refractivity contribution in [1.29, 1.82) is 0 Å². The second-order valence-corrected chi connectivity index (χ2v) is 5.52. The predicted octanol–water partition coefficient (Wildman–Crippen LogP) is 3.38. The summed E-state index contributed by atoms with van der Waals surface area (Å²) in [6.45, 7) is 2.00. The van der Waals surface area contributed by atoms with Gasteiger partial charge in [-0.1, -0.05) is 60.7 Å². The first kappa shape index (κ1) is 13.3. The third kappa shape index (κ3) is 2.92. The fraction of sp³-hybridized carbons (Fsp3) is 0.333. The number of aliphatic hydroxyl groups excluding tert-OH is 1. The normalized spacial score (nSPS) is 20.9. The van der Waals surface area contributed by atoms with Crippen molar-refractivity contribution >= 4 is 0 Å². The molecule has 0 bridgehead atoms. The number of likely N-dealkylation sites (tertiary alicyclic amines) is 1. The summed E-state index contributed by atoms with van der Waals surface area (Å²) in [5.41, 5.74) is 2.34. The average Bonchev–Trinajstić information content (AvgIpc) is 2.96. The van der Waals surface area contributed by atoms with Gasteiger partial charge in [-0.2, -0.15) is 0 Å². The average molecular weight is 267 g/mol. The summed E-state index contributed by atoms with van der Waals surface area (Å²) in [6, 6.07) is 20.8. The Labute approximate surface area is 120 Å². The van der Waals surface area contributed by atoms with E-state index in [1.54, 1.807) is 0 Å². The van der Waals surface area contributed by atoms with Gasteiger partial charge in [0.05, 0.1) is 6.10 Å². The summed E-state index contributed by atoms with van der Waals surface area (Å²) in [5, 5.41) is 10.6. The third-order valence-corrected chi connectivity index (χ3v) is 4.15. The summed E-state index contributed by atoms with van der Waals surface area (Å²) in [5.74, 6) is 0. The number of hydrogen-bond donors (Lipinski definition) is 1. The molecular weight excluding hydrogens is 246 g/mol. The summed E-state index contributed by atoms with van der Waals surface area (Å²) < 4.78 is 0. The van der Waals surface area contributed by atoms with E-state index in [0.717, 1.165) is 25.1 Å². The highest BCUT2D eigenvalue weighted by atomic mass is 16.3. The Hall–Kier alpha value is -1.64. The van der Waals surface area contributed by atoms with Crippen molar-refractivity contribution < 1.29 is 5.11 Å². The van der Waals surface area contributed by atoms with Gasteiger partial charge in [-0.05, 0) is 30.5 Å². The van der Waals surface area contributed by atoms with Gasteiger partial charge in [-0.3, -0.25) is 4.90 Å². The quantitative estimate of drug-likeness (QED) is 0.918. The molecule has 1 heterocycles. The first-order valence-corrected chi connectivity index (χ1v) is 7.35. The molecule has 20 heavy (non-hydrogen) atoms. The number of benzene rings is 2. The molecule has 1 N–H and O–H groups in total. The van der Waals surface area contributed by atoms with Crippen LogP contribution in [-0.2, 0) is 6.54 Å². The van der Waals surface area contributed by atoms with Crippen LogP contribution in [0.4, 0.5) is 0 Å². The molecular formula is C18H21NO. The van der Waals surface area contributed by atoms with Gasteiger partial charge in [0.25, 0.3) is 0 Å². The van der Waals surface area contributed by atoms with Crippen LogP contribution in [0.1, 0.15) is 30.1 Å². The molecule has 1 aliphatic heterocycles. The van der Waals surface area contributed by atoms with Crippen LogP contribution < -0.4 is 0 Å². The van der Waals surface area contributed by atoms with E-state index in [1.165, 1.54) is 12.0 Å². The van der Waals surface area contributed by atoms with E-state index in [4.69, 9.17) is 0 Å². The van der Waals surface area contributed by atoms with E-state index in [0.29, 0.717) is 0 Å². The minimum absolute atomic E-state index is 0.234. The summed E-state index contributed by atoms with van der Waals surface area (Å²) >= 11 is 0. The van der Waals surface area contributed by atoms with Gasteiger partial charge in [-0.15, -0.1) is 0 Å². The Bertz CT molecular complexity index is 526. The Balaban J connectivity index is 1.72. The molecule has 2 aromatic carbocycles. The maximum absolute atomic E-state index is 10.6. The van der Waals surface area contributed by atoms with Crippen LogP contribution in [0, 0.1) is 0 Å². The smallest absolute Gasteiger partial charge is 0.0945 e. The first-order chi connectivity index (χ1) is 9.84. The van der Waals surface area contributed by atoms with Crippen LogP contribution in [0.2, 0.25) is 0 Å². The van der Waals surface area contributed by atoms with Crippen LogP contribution in [0.3, 0.4) is 0 Å². The molecule has 104 valence electrons. The summed E-state index contributed by atoms with van der Waals surface area (Å²) in [7, 11) is 0. The van der Waals surface area contributed by atoms with Gasteiger partial charge in [0, 0.05) is 12.6 Å². The lowest BCUT2D eigenvalue weighted by Gasteiger charge is -2.29. The van der Waals surface area contributed by atoms with Crippen molar-refractivity contribution in [3.8, 4) is 0 Å². The number of hydrogen-bond acceptors (Lipinski definition) is 2. The lowest BCUT2D eigenvalue weighted by atomic mass is 10.00. The van der Waals surface area contributed by atoms with Crippen molar-refractivity contribution in [1.82, 2.24) is 4.90 Å². The largest absolute Gasteiger partial charge is 0.387 e. The van der Waals surface area contributed by atoms with Crippen molar-refractivity contribution in [2.75, 3.05) is 6.54 Å². The molecule has 1 unspecified atom stereocenters. The molecule has 0 spiro atoms. The topological polar surface area (TPSA) is 23.5 Å². The highest BCUT2D eigenvalue weighted by Crippen LogP contribution is 2.30. The molecule has 1 fully saturated rings. The van der Waals surface area contributed by atoms with E-state index >= 15 is 0 Å². The molecule has 0 aromatic heterocycles. The monoisotopic (exact) mass is 267 g/mol. The van der Waals surface area contributed by atoms with Gasteiger partial charge >= 0.3 is 0 Å². The maximum Gasteiger partial charge on any atom is 0.0945 e. The van der Waals surface area contributed by atoms with E-state index in [1.807, 2.05) is 36.4 Å². The lowest BCUT2D eigenvalue weighted by molar-refractivity contribution is 0.0688. The van der Waals surface area contributed by atoms with Crippen LogP contribution in [0.15, 0.2) is 60.7 Å². The SMILES string of the molecule is OC(c1ccccc1)[C@@H]1CCCN1Cc1ccccc1. The lowest BCUT2D eigenvalue weighted by Crippen LogP contribution is -2.34. The summed E-state index contributed by atoms with van der Waals surface area (Å²) in [4.78, 5) is 2.41. The molecule has 0 amide bonds. The second kappa shape index (κ2) is 6.21. The molecule has 0 saturated carbocycles. The molecule has 1 saturated heterocycles. The van der Waals surface area contributed by atoms with E-state index in [9.17, 15) is 5.11 Å². The van der Waals surface area contributed by atoms with E-state index in [-0.39, 0.29) is 12.1 Å². The van der Waals surface area contributed by atoms with Crippen molar-refractivity contribution in [2.24, 2.45) is 0 Å². The van der Waals surface area contributed by atoms with Gasteiger partial charge in [-0.25, -0.2) is 0 Å². The zero-order valence-electron chi connectivity index (χ0n) is 11.7. The Morgan fingerprint density at radius 1 is 1.00 bits per heavy atom. The van der Waals surface area contributed by atoms with E-state index < -0.39 is 0 Å². The molecule has 0 radical (unpaired) electrons. The highest BCUT2D eigenvalue weighted by Gasteiger charge is 2.31. The zero-order chi connectivity index (χ0) is 13.8. The Morgan fingerprint density at radius 2 is 1.65 bits per heavy atom. The van der Waals surface area contributed by atoms with Crippen LogP contribution in [0.5, 0.6) is 0 Å². The minimum Gasteiger partial charge on any atom is -0.387 e. The zero-order valence-corrected chi connectivity index (χ0v) is 11.7. The molecule has 2 nitrogen and oxygen atoms in total. The van der Waals surface area contributed by atoms with Crippen molar-refractivity contribution in [3.63, 3.8) is 0 Å². The van der Waals surface area contributed by atoms with Gasteiger partial charge in [0.15, 0.2) is 0 Å². The van der Waals surface area contributed by atoms with Gasteiger partial charge < -0.3 is 5.11 Å². The minimum atomic E-state index is -0.387. The molecule has 2 aromatic rings. The number of rotatable bonds is 4. The third-order valence-electron chi connectivity index (χ3n) is 4.15. The molecule has 2 atom stereocenters. The maximum atomic E-state index is 10.6. The standard InChI is InChI=1S/C18H21NO/c20-18(16-10-5-2-6-11-16)17-12-7-13-19(17)14-15-8-3-1-4-9-15/h1-6,8-11,17-18,20H,7,12-14H2/t17-,18?/m0/s1. The van der Waals surface area contributed by atoms with Crippen LogP contribution >= 0.6 is 0 Å². The van der Waals surface area contributed by atoms with Crippen molar-refractivity contribution in [3.05, 3.63) is 71.8 Å². The van der Waals surface area contributed by atoms with Crippen molar-refractivity contribution in [2.45, 2.75) is 31.5 Å². The summed E-state index contributed by atoms with van der Waals surface area (Å²) in [6.07, 6.45) is 1.85. The van der Waals surface area contributed by atoms with Gasteiger partial charge in [0.1, 0.15) is 0 Å². The Kier molecular flexibility index (Phi) is 4.14. The van der Waals surface area contributed by atoms with Gasteiger partial charge in [0.2, 0.25) is 0 Å². The van der Waals surface area contributed by atoms with Crippen LogP contribution in [0.25, 0.3) is 0 Å². The van der Waals surface area contributed by atoms with Crippen LogP contribution in [-0.4, -0.2) is 22.6 Å².